The average molecular weight is 403 g/mol. The third kappa shape index (κ3) is 4.45. The zero-order valence-corrected chi connectivity index (χ0v) is 16.9. The van der Waals surface area contributed by atoms with Crippen LogP contribution in [-0.2, 0) is 0 Å². The van der Waals surface area contributed by atoms with E-state index >= 15 is 0 Å². The summed E-state index contributed by atoms with van der Waals surface area (Å²) < 4.78 is 6.18. The van der Waals surface area contributed by atoms with E-state index in [2.05, 4.69) is 17.6 Å². The summed E-state index contributed by atoms with van der Waals surface area (Å²) in [6.07, 6.45) is 3.50. The fraction of sp³-hybridized carbons (Fsp3) is 0.400. The Morgan fingerprint density at radius 3 is 2.57 bits per heavy atom. The molecular formula is C20H26N4O3S. The number of urea groups is 1. The van der Waals surface area contributed by atoms with Crippen molar-refractivity contribution in [3.8, 4) is 16.2 Å². The minimum atomic E-state index is -0.731. The van der Waals surface area contributed by atoms with Crippen molar-refractivity contribution in [2.24, 2.45) is 11.5 Å². The Morgan fingerprint density at radius 1 is 1.21 bits per heavy atom. The molecule has 1 aromatic heterocycles. The first-order valence-electron chi connectivity index (χ1n) is 9.37. The van der Waals surface area contributed by atoms with Crippen molar-refractivity contribution in [3.63, 3.8) is 0 Å². The van der Waals surface area contributed by atoms with E-state index in [1.807, 2.05) is 24.3 Å². The second-order valence-corrected chi connectivity index (χ2v) is 8.05. The molecule has 0 radical (unpaired) electrons. The molecule has 28 heavy (non-hydrogen) atoms. The summed E-state index contributed by atoms with van der Waals surface area (Å²) in [5.74, 6) is 0.211. The van der Waals surface area contributed by atoms with Crippen LogP contribution in [0, 0.1) is 6.92 Å². The number of carbonyl (C=O) groups excluding carboxylic acids is 2. The van der Waals surface area contributed by atoms with Gasteiger partial charge in [-0.2, -0.15) is 0 Å². The summed E-state index contributed by atoms with van der Waals surface area (Å²) in [6.45, 7) is 4.99. The number of hydrogen-bond acceptors (Lipinski definition) is 5. The lowest BCUT2D eigenvalue weighted by Gasteiger charge is -2.23. The van der Waals surface area contributed by atoms with E-state index in [0.29, 0.717) is 11.0 Å². The van der Waals surface area contributed by atoms with Gasteiger partial charge in [0.1, 0.15) is 16.9 Å². The SMILES string of the molecule is Cc1c(-c2ccc(OC3CCCCNC3C)cc2)sc(NC(N)=O)c1C(N)=O. The van der Waals surface area contributed by atoms with Crippen LogP contribution in [0.4, 0.5) is 9.80 Å². The number of hydrogen-bond donors (Lipinski definition) is 4. The Bertz CT molecular complexity index is 863. The Kier molecular flexibility index (Phi) is 6.21. The van der Waals surface area contributed by atoms with Gasteiger partial charge in [-0.25, -0.2) is 4.79 Å². The second kappa shape index (κ2) is 8.62. The fourth-order valence-electron chi connectivity index (χ4n) is 3.49. The lowest BCUT2D eigenvalue weighted by molar-refractivity contribution is 0.100. The zero-order valence-electron chi connectivity index (χ0n) is 16.1. The van der Waals surface area contributed by atoms with E-state index < -0.39 is 11.9 Å². The van der Waals surface area contributed by atoms with Gasteiger partial charge in [-0.1, -0.05) is 0 Å². The normalized spacial score (nSPS) is 19.6. The van der Waals surface area contributed by atoms with Gasteiger partial charge in [-0.15, -0.1) is 11.3 Å². The van der Waals surface area contributed by atoms with Crippen molar-refractivity contribution in [1.82, 2.24) is 5.32 Å². The minimum Gasteiger partial charge on any atom is -0.489 e. The molecule has 3 rings (SSSR count). The number of benzene rings is 1. The van der Waals surface area contributed by atoms with Gasteiger partial charge in [-0.3, -0.25) is 10.1 Å². The van der Waals surface area contributed by atoms with Gasteiger partial charge in [0, 0.05) is 10.9 Å². The number of rotatable bonds is 5. The smallest absolute Gasteiger partial charge is 0.317 e. The molecule has 3 amide bonds. The molecule has 1 aliphatic rings. The lowest BCUT2D eigenvalue weighted by Crippen LogP contribution is -2.39. The van der Waals surface area contributed by atoms with Crippen LogP contribution >= 0.6 is 11.3 Å². The molecule has 1 aromatic carbocycles. The number of amides is 3. The number of ether oxygens (including phenoxy) is 1. The number of nitrogens with two attached hydrogens (primary N) is 2. The van der Waals surface area contributed by atoms with E-state index in [1.165, 1.54) is 17.8 Å². The van der Waals surface area contributed by atoms with E-state index in [1.54, 1.807) is 6.92 Å². The van der Waals surface area contributed by atoms with Crippen LogP contribution in [0.1, 0.15) is 42.1 Å². The first kappa shape index (κ1) is 20.2. The predicted octanol–water partition coefficient (Wildman–Crippen LogP) is 3.22. The molecule has 0 aliphatic carbocycles. The molecule has 8 heteroatoms. The highest BCUT2D eigenvalue weighted by molar-refractivity contribution is 7.20. The molecule has 6 N–H and O–H groups in total. The molecule has 150 valence electrons. The van der Waals surface area contributed by atoms with Gasteiger partial charge in [0.05, 0.1) is 5.56 Å². The van der Waals surface area contributed by atoms with Crippen LogP contribution in [0.25, 0.3) is 10.4 Å². The molecule has 7 nitrogen and oxygen atoms in total. The molecule has 1 saturated heterocycles. The summed E-state index contributed by atoms with van der Waals surface area (Å²) in [7, 11) is 0. The molecule has 0 saturated carbocycles. The summed E-state index contributed by atoms with van der Waals surface area (Å²) in [4.78, 5) is 23.9. The maximum absolute atomic E-state index is 11.8. The molecule has 2 heterocycles. The quantitative estimate of drug-likeness (QED) is 0.614. The van der Waals surface area contributed by atoms with Crippen LogP contribution in [0.5, 0.6) is 5.75 Å². The van der Waals surface area contributed by atoms with Crippen molar-refractivity contribution in [2.45, 2.75) is 45.3 Å². The largest absolute Gasteiger partial charge is 0.489 e. The van der Waals surface area contributed by atoms with E-state index in [9.17, 15) is 9.59 Å². The van der Waals surface area contributed by atoms with Gasteiger partial charge in [0.15, 0.2) is 0 Å². The number of carbonyl (C=O) groups is 2. The van der Waals surface area contributed by atoms with Crippen LogP contribution in [-0.4, -0.2) is 30.6 Å². The highest BCUT2D eigenvalue weighted by atomic mass is 32.1. The van der Waals surface area contributed by atoms with E-state index in [4.69, 9.17) is 16.2 Å². The van der Waals surface area contributed by atoms with Crippen molar-refractivity contribution in [2.75, 3.05) is 11.9 Å². The first-order chi connectivity index (χ1) is 13.4. The molecule has 1 aliphatic heterocycles. The standard InChI is InChI=1S/C20H26N4O3S/c1-11-16(18(21)25)19(24-20(22)26)28-17(11)13-6-8-14(9-7-13)27-15-5-3-4-10-23-12(15)2/h6-9,12,15,23H,3-5,10H2,1-2H3,(H2,21,25)(H3,22,24,26). The van der Waals surface area contributed by atoms with Gasteiger partial charge in [-0.05, 0) is 75.0 Å². The maximum atomic E-state index is 11.8. The summed E-state index contributed by atoms with van der Waals surface area (Å²) in [6, 6.07) is 7.32. The highest BCUT2D eigenvalue weighted by Crippen LogP contribution is 2.40. The Morgan fingerprint density at radius 2 is 1.93 bits per heavy atom. The Hall–Kier alpha value is -2.58. The zero-order chi connectivity index (χ0) is 20.3. The number of nitrogens with one attached hydrogen (secondary N) is 2. The monoisotopic (exact) mass is 402 g/mol. The summed E-state index contributed by atoms with van der Waals surface area (Å²) in [5, 5.41) is 6.34. The second-order valence-electron chi connectivity index (χ2n) is 7.03. The van der Waals surface area contributed by atoms with Crippen molar-refractivity contribution >= 4 is 28.3 Å². The molecule has 2 unspecified atom stereocenters. The van der Waals surface area contributed by atoms with Crippen molar-refractivity contribution < 1.29 is 14.3 Å². The first-order valence-corrected chi connectivity index (χ1v) is 10.2. The average Bonchev–Trinajstić information content (AvgIpc) is 2.81. The highest BCUT2D eigenvalue weighted by Gasteiger charge is 2.23. The van der Waals surface area contributed by atoms with Gasteiger partial charge in [0.2, 0.25) is 0 Å². The van der Waals surface area contributed by atoms with Gasteiger partial charge in [0.25, 0.3) is 5.91 Å². The number of thiophene rings is 1. The third-order valence-corrected chi connectivity index (χ3v) is 6.23. The molecule has 0 spiro atoms. The van der Waals surface area contributed by atoms with Crippen LogP contribution in [0.3, 0.4) is 0 Å². The van der Waals surface area contributed by atoms with Crippen LogP contribution in [0.15, 0.2) is 24.3 Å². The maximum Gasteiger partial charge on any atom is 0.317 e. The van der Waals surface area contributed by atoms with E-state index in [-0.39, 0.29) is 11.7 Å². The van der Waals surface area contributed by atoms with Crippen molar-refractivity contribution in [3.05, 3.63) is 35.4 Å². The Labute approximate surface area is 168 Å². The molecule has 0 bridgehead atoms. The molecule has 1 fully saturated rings. The minimum absolute atomic E-state index is 0.143. The lowest BCUT2D eigenvalue weighted by atomic mass is 10.1. The number of primary amides is 2. The van der Waals surface area contributed by atoms with Crippen molar-refractivity contribution in [1.29, 1.82) is 0 Å². The Balaban J connectivity index is 1.83. The summed E-state index contributed by atoms with van der Waals surface area (Å²) >= 11 is 1.28. The van der Waals surface area contributed by atoms with Gasteiger partial charge < -0.3 is 21.5 Å². The third-order valence-electron chi connectivity index (χ3n) is 4.97. The fourth-order valence-corrected chi connectivity index (χ4v) is 4.71. The number of anilines is 1. The topological polar surface area (TPSA) is 119 Å². The predicted molar refractivity (Wildman–Crippen MR) is 112 cm³/mol. The van der Waals surface area contributed by atoms with E-state index in [0.717, 1.165) is 41.1 Å². The van der Waals surface area contributed by atoms with Crippen LogP contribution in [0.2, 0.25) is 0 Å². The van der Waals surface area contributed by atoms with Gasteiger partial charge >= 0.3 is 6.03 Å². The van der Waals surface area contributed by atoms with Crippen LogP contribution < -0.4 is 26.8 Å². The molecular weight excluding hydrogens is 376 g/mol. The molecule has 2 aromatic rings. The summed E-state index contributed by atoms with van der Waals surface area (Å²) in [5.41, 5.74) is 12.6. The molecule has 2 atom stereocenters.